The van der Waals surface area contributed by atoms with E-state index in [1.165, 1.54) is 46.1 Å². The van der Waals surface area contributed by atoms with Crippen LogP contribution in [-0.2, 0) is 14.3 Å². The molecule has 2 aliphatic rings. The molecule has 1 N–H and O–H groups in total. The number of esters is 1. The van der Waals surface area contributed by atoms with Gasteiger partial charge in [0.1, 0.15) is 5.69 Å². The highest BCUT2D eigenvalue weighted by Gasteiger charge is 2.43. The van der Waals surface area contributed by atoms with Crippen LogP contribution in [0.5, 0.6) is 5.75 Å². The Labute approximate surface area is 206 Å². The third kappa shape index (κ3) is 5.28. The SMILES string of the molecule is COC(=O)C1(CNC(=O)c2c(C)nc3c(OCC4CCCCC4)cccn23)CCN(C(C)=O)CC1. The molecule has 3 heterocycles. The third-order valence-electron chi connectivity index (χ3n) is 7.57. The van der Waals surface area contributed by atoms with Crippen molar-refractivity contribution in [1.29, 1.82) is 0 Å². The standard InChI is InChI=1S/C26H36N4O5/c1-18-22(24(32)27-17-26(25(33)34-3)11-14-29(15-12-26)19(2)31)30-13-7-10-21(23(30)28-18)35-16-20-8-5-4-6-9-20/h7,10,13,20H,4-6,8-9,11-12,14-17H2,1-3H3,(H,27,32). The molecule has 1 saturated heterocycles. The van der Waals surface area contributed by atoms with Crippen molar-refractivity contribution in [1.82, 2.24) is 19.6 Å². The third-order valence-corrected chi connectivity index (χ3v) is 7.57. The Morgan fingerprint density at radius 2 is 1.89 bits per heavy atom. The lowest BCUT2D eigenvalue weighted by Crippen LogP contribution is -2.51. The molecule has 1 aliphatic carbocycles. The predicted molar refractivity (Wildman–Crippen MR) is 130 cm³/mol. The summed E-state index contributed by atoms with van der Waals surface area (Å²) in [7, 11) is 1.35. The zero-order valence-electron chi connectivity index (χ0n) is 21.0. The number of likely N-dealkylation sites (tertiary alicyclic amines) is 1. The fraction of sp³-hybridized carbons (Fsp3) is 0.615. The van der Waals surface area contributed by atoms with Crippen LogP contribution in [0.1, 0.15) is 68.1 Å². The Kier molecular flexibility index (Phi) is 7.62. The van der Waals surface area contributed by atoms with Crippen LogP contribution < -0.4 is 10.1 Å². The number of aromatic nitrogens is 2. The molecule has 1 saturated carbocycles. The second-order valence-corrected chi connectivity index (χ2v) is 9.89. The van der Waals surface area contributed by atoms with Gasteiger partial charge >= 0.3 is 5.97 Å². The minimum absolute atomic E-state index is 0.0182. The van der Waals surface area contributed by atoms with Gasteiger partial charge in [-0.05, 0) is 50.7 Å². The maximum absolute atomic E-state index is 13.3. The number of ether oxygens (including phenoxy) is 2. The van der Waals surface area contributed by atoms with Crippen molar-refractivity contribution >= 4 is 23.4 Å². The quantitative estimate of drug-likeness (QED) is 0.606. The molecule has 190 valence electrons. The van der Waals surface area contributed by atoms with Gasteiger partial charge in [-0.25, -0.2) is 4.98 Å². The summed E-state index contributed by atoms with van der Waals surface area (Å²) in [5.74, 6) is 0.538. The van der Waals surface area contributed by atoms with E-state index in [-0.39, 0.29) is 24.3 Å². The Morgan fingerprint density at radius 3 is 2.54 bits per heavy atom. The van der Waals surface area contributed by atoms with Gasteiger partial charge in [0.05, 0.1) is 24.8 Å². The van der Waals surface area contributed by atoms with Crippen molar-refractivity contribution in [3.63, 3.8) is 0 Å². The van der Waals surface area contributed by atoms with E-state index < -0.39 is 5.41 Å². The van der Waals surface area contributed by atoms with Gasteiger partial charge in [0.2, 0.25) is 5.91 Å². The van der Waals surface area contributed by atoms with E-state index in [9.17, 15) is 14.4 Å². The summed E-state index contributed by atoms with van der Waals surface area (Å²) < 4.78 is 13.0. The molecular weight excluding hydrogens is 448 g/mol. The number of hydrogen-bond acceptors (Lipinski definition) is 6. The summed E-state index contributed by atoms with van der Waals surface area (Å²) in [5, 5.41) is 2.95. The van der Waals surface area contributed by atoms with Gasteiger partial charge in [-0.3, -0.25) is 18.8 Å². The van der Waals surface area contributed by atoms with Gasteiger partial charge in [0.15, 0.2) is 11.4 Å². The Morgan fingerprint density at radius 1 is 1.17 bits per heavy atom. The Bertz CT molecular complexity index is 1080. The van der Waals surface area contributed by atoms with Crippen LogP contribution in [0.3, 0.4) is 0 Å². The normalized spacial score (nSPS) is 18.3. The molecule has 9 nitrogen and oxygen atoms in total. The number of amides is 2. The van der Waals surface area contributed by atoms with E-state index in [2.05, 4.69) is 10.3 Å². The summed E-state index contributed by atoms with van der Waals surface area (Å²) in [4.78, 5) is 44.0. The maximum atomic E-state index is 13.3. The van der Waals surface area contributed by atoms with E-state index in [0.29, 0.717) is 61.2 Å². The fourth-order valence-corrected chi connectivity index (χ4v) is 5.36. The molecule has 2 fully saturated rings. The molecule has 2 aromatic rings. The lowest BCUT2D eigenvalue weighted by Gasteiger charge is -2.39. The molecule has 0 atom stereocenters. The van der Waals surface area contributed by atoms with Crippen molar-refractivity contribution < 1.29 is 23.9 Å². The number of nitrogens with one attached hydrogen (secondary N) is 1. The highest BCUT2D eigenvalue weighted by molar-refractivity contribution is 5.95. The fourth-order valence-electron chi connectivity index (χ4n) is 5.36. The van der Waals surface area contributed by atoms with Crippen LogP contribution in [0.15, 0.2) is 18.3 Å². The molecule has 4 rings (SSSR count). The van der Waals surface area contributed by atoms with Crippen LogP contribution in [0, 0.1) is 18.3 Å². The zero-order chi connectivity index (χ0) is 25.0. The second kappa shape index (κ2) is 10.7. The largest absolute Gasteiger partial charge is 0.489 e. The lowest BCUT2D eigenvalue weighted by molar-refractivity contribution is -0.157. The summed E-state index contributed by atoms with van der Waals surface area (Å²) in [6.07, 6.45) is 8.87. The molecule has 0 aromatic carbocycles. The summed E-state index contributed by atoms with van der Waals surface area (Å²) >= 11 is 0. The summed E-state index contributed by atoms with van der Waals surface area (Å²) in [6.45, 7) is 5.02. The zero-order valence-corrected chi connectivity index (χ0v) is 21.0. The molecule has 9 heteroatoms. The van der Waals surface area contributed by atoms with E-state index in [4.69, 9.17) is 9.47 Å². The van der Waals surface area contributed by atoms with Crippen LogP contribution in [0.25, 0.3) is 5.65 Å². The van der Waals surface area contributed by atoms with Gasteiger partial charge in [0, 0.05) is 32.8 Å². The highest BCUT2D eigenvalue weighted by Crippen LogP contribution is 2.33. The number of carbonyl (C=O) groups excluding carboxylic acids is 3. The van der Waals surface area contributed by atoms with Crippen LogP contribution in [-0.4, -0.2) is 65.4 Å². The van der Waals surface area contributed by atoms with Crippen molar-refractivity contribution in [2.75, 3.05) is 33.4 Å². The molecule has 0 bridgehead atoms. The number of fused-ring (bicyclic) bond motifs is 1. The number of piperidine rings is 1. The van der Waals surface area contributed by atoms with E-state index >= 15 is 0 Å². The van der Waals surface area contributed by atoms with Crippen molar-refractivity contribution in [3.05, 3.63) is 29.7 Å². The van der Waals surface area contributed by atoms with E-state index in [0.717, 1.165) is 0 Å². The average Bonchev–Trinajstić information content (AvgIpc) is 3.22. The smallest absolute Gasteiger partial charge is 0.313 e. The molecule has 0 spiro atoms. The average molecular weight is 485 g/mol. The van der Waals surface area contributed by atoms with Gasteiger partial charge in [0.25, 0.3) is 5.91 Å². The highest BCUT2D eigenvalue weighted by atomic mass is 16.5. The Balaban J connectivity index is 1.48. The first-order chi connectivity index (χ1) is 16.8. The van der Waals surface area contributed by atoms with E-state index in [1.807, 2.05) is 12.1 Å². The maximum Gasteiger partial charge on any atom is 0.313 e. The molecule has 35 heavy (non-hydrogen) atoms. The number of carbonyl (C=O) groups is 3. The summed E-state index contributed by atoms with van der Waals surface area (Å²) in [5.41, 5.74) is 0.765. The minimum Gasteiger partial charge on any atom is -0.489 e. The topological polar surface area (TPSA) is 102 Å². The van der Waals surface area contributed by atoms with Gasteiger partial charge in [-0.2, -0.15) is 0 Å². The van der Waals surface area contributed by atoms with Gasteiger partial charge in [-0.1, -0.05) is 19.3 Å². The van der Waals surface area contributed by atoms with Crippen LogP contribution in [0.2, 0.25) is 0 Å². The molecule has 2 amide bonds. The first kappa shape index (κ1) is 25.0. The van der Waals surface area contributed by atoms with Crippen LogP contribution in [0.4, 0.5) is 0 Å². The predicted octanol–water partition coefficient (Wildman–Crippen LogP) is 3.13. The molecule has 0 unspecified atom stereocenters. The minimum atomic E-state index is -0.862. The molecule has 0 radical (unpaired) electrons. The first-order valence-corrected chi connectivity index (χ1v) is 12.6. The monoisotopic (exact) mass is 484 g/mol. The molecule has 2 aromatic heterocycles. The van der Waals surface area contributed by atoms with Crippen molar-refractivity contribution in [3.8, 4) is 5.75 Å². The number of pyridine rings is 1. The number of imidazole rings is 1. The molecule has 1 aliphatic heterocycles. The summed E-state index contributed by atoms with van der Waals surface area (Å²) in [6, 6.07) is 3.75. The molecular formula is C26H36N4O5. The first-order valence-electron chi connectivity index (χ1n) is 12.6. The van der Waals surface area contributed by atoms with E-state index in [1.54, 1.807) is 22.4 Å². The van der Waals surface area contributed by atoms with Gasteiger partial charge in [-0.15, -0.1) is 0 Å². The number of nitrogens with zero attached hydrogens (tertiary/aromatic N) is 3. The number of aryl methyl sites for hydroxylation is 1. The number of methoxy groups -OCH3 is 1. The number of hydrogen-bond donors (Lipinski definition) is 1. The lowest BCUT2D eigenvalue weighted by atomic mass is 9.78. The Hall–Kier alpha value is -3.10. The van der Waals surface area contributed by atoms with Crippen molar-refractivity contribution in [2.24, 2.45) is 11.3 Å². The number of rotatable bonds is 7. The van der Waals surface area contributed by atoms with Crippen LogP contribution >= 0.6 is 0 Å². The van der Waals surface area contributed by atoms with Crippen molar-refractivity contribution in [2.45, 2.75) is 58.8 Å². The second-order valence-electron chi connectivity index (χ2n) is 9.89. The van der Waals surface area contributed by atoms with Gasteiger partial charge < -0.3 is 19.7 Å².